The van der Waals surface area contributed by atoms with Gasteiger partial charge in [0.1, 0.15) is 0 Å². The lowest BCUT2D eigenvalue weighted by Gasteiger charge is -1.88. The van der Waals surface area contributed by atoms with Crippen LogP contribution in [0.15, 0.2) is 0 Å². The Labute approximate surface area is 58.7 Å². The Morgan fingerprint density at radius 2 is 2.44 bits per heavy atom. The van der Waals surface area contributed by atoms with Gasteiger partial charge in [0.2, 0.25) is 0 Å². The van der Waals surface area contributed by atoms with E-state index in [0.29, 0.717) is 0 Å². The molecule has 0 aliphatic heterocycles. The van der Waals surface area contributed by atoms with Gasteiger partial charge in [0.15, 0.2) is 5.51 Å². The van der Waals surface area contributed by atoms with Crippen LogP contribution in [0.4, 0.5) is 0 Å². The molecule has 0 amide bonds. The number of aromatic nitrogens is 1. The number of hydrogen-bond donors (Lipinski definition) is 0. The van der Waals surface area contributed by atoms with Gasteiger partial charge in [-0.2, -0.15) is 0 Å². The van der Waals surface area contributed by atoms with E-state index in [0.717, 1.165) is 5.92 Å². The maximum Gasteiger partial charge on any atom is 0.152 e. The number of hydrogen-bond acceptors (Lipinski definition) is 2. The molecule has 2 rings (SSSR count). The zero-order valence-electron chi connectivity index (χ0n) is 5.35. The minimum atomic E-state index is 0.855. The molecule has 1 saturated carbocycles. The number of nitrogens with zero attached hydrogens (tertiary/aromatic N) is 1. The highest BCUT2D eigenvalue weighted by molar-refractivity contribution is 7.09. The molecule has 1 nitrogen and oxygen atoms in total. The van der Waals surface area contributed by atoms with Gasteiger partial charge in [-0.1, -0.05) is 0 Å². The summed E-state index contributed by atoms with van der Waals surface area (Å²) in [6.07, 6.45) is 2.74. The second kappa shape index (κ2) is 1.81. The average molecular weight is 138 g/mol. The molecule has 47 valence electrons. The Morgan fingerprint density at radius 3 is 2.89 bits per heavy atom. The van der Waals surface area contributed by atoms with Gasteiger partial charge < -0.3 is 0 Å². The second-order valence-corrected chi connectivity index (χ2v) is 3.36. The van der Waals surface area contributed by atoms with Crippen LogP contribution >= 0.6 is 11.3 Å². The van der Waals surface area contributed by atoms with E-state index >= 15 is 0 Å². The smallest absolute Gasteiger partial charge is 0.152 e. The van der Waals surface area contributed by atoms with Crippen molar-refractivity contribution in [3.8, 4) is 0 Å². The number of aryl methyl sites for hydroxylation is 1. The van der Waals surface area contributed by atoms with E-state index in [-0.39, 0.29) is 0 Å². The first kappa shape index (κ1) is 5.42. The van der Waals surface area contributed by atoms with Crippen LogP contribution in [-0.2, 0) is 0 Å². The maximum absolute atomic E-state index is 4.07. The first-order valence-corrected chi connectivity index (χ1v) is 4.03. The van der Waals surface area contributed by atoms with Crippen LogP contribution < -0.4 is 0 Å². The number of thiazole rings is 1. The molecule has 1 aliphatic carbocycles. The Hall–Kier alpha value is -0.370. The first-order valence-electron chi connectivity index (χ1n) is 3.21. The molecule has 0 bridgehead atoms. The molecule has 9 heavy (non-hydrogen) atoms. The largest absolute Gasteiger partial charge is 0.239 e. The van der Waals surface area contributed by atoms with Crippen molar-refractivity contribution >= 4 is 11.3 Å². The lowest BCUT2D eigenvalue weighted by Crippen LogP contribution is -1.76. The zero-order valence-corrected chi connectivity index (χ0v) is 6.16. The molecular formula is C7H8NS. The molecule has 0 unspecified atom stereocenters. The minimum absolute atomic E-state index is 0.855. The van der Waals surface area contributed by atoms with Gasteiger partial charge in [-0.15, -0.1) is 11.3 Å². The molecule has 0 N–H and O–H groups in total. The highest BCUT2D eigenvalue weighted by Gasteiger charge is 2.26. The van der Waals surface area contributed by atoms with Crippen molar-refractivity contribution in [1.82, 2.24) is 4.98 Å². The SMILES string of the molecule is Cc1n[c]sc1C1CC1. The van der Waals surface area contributed by atoms with Gasteiger partial charge in [-0.05, 0) is 25.7 Å². The van der Waals surface area contributed by atoms with Gasteiger partial charge in [-0.3, -0.25) is 0 Å². The monoisotopic (exact) mass is 138 g/mol. The van der Waals surface area contributed by atoms with E-state index in [9.17, 15) is 0 Å². The molecule has 1 radical (unpaired) electrons. The third-order valence-electron chi connectivity index (χ3n) is 1.67. The normalized spacial score (nSPS) is 18.3. The van der Waals surface area contributed by atoms with E-state index in [1.165, 1.54) is 23.4 Å². The molecule has 0 aromatic carbocycles. The molecule has 2 heteroatoms. The van der Waals surface area contributed by atoms with E-state index in [1.807, 2.05) is 0 Å². The van der Waals surface area contributed by atoms with Crippen LogP contribution in [0.1, 0.15) is 29.3 Å². The Morgan fingerprint density at radius 1 is 1.67 bits per heavy atom. The highest BCUT2D eigenvalue weighted by Crippen LogP contribution is 2.43. The third kappa shape index (κ3) is 0.874. The summed E-state index contributed by atoms with van der Waals surface area (Å²) in [4.78, 5) is 5.54. The summed E-state index contributed by atoms with van der Waals surface area (Å²) in [5.41, 5.74) is 4.11. The van der Waals surface area contributed by atoms with Crippen molar-refractivity contribution in [3.05, 3.63) is 16.1 Å². The molecule has 0 saturated heterocycles. The van der Waals surface area contributed by atoms with Crippen LogP contribution in [0.2, 0.25) is 0 Å². The summed E-state index contributed by atoms with van der Waals surface area (Å²) in [7, 11) is 0. The minimum Gasteiger partial charge on any atom is -0.239 e. The average Bonchev–Trinajstić information content (AvgIpc) is 2.58. The fourth-order valence-electron chi connectivity index (χ4n) is 0.994. The van der Waals surface area contributed by atoms with Crippen LogP contribution in [-0.4, -0.2) is 4.98 Å². The molecule has 0 spiro atoms. The Kier molecular flexibility index (Phi) is 1.09. The van der Waals surface area contributed by atoms with Crippen LogP contribution in [0.25, 0.3) is 0 Å². The summed E-state index contributed by atoms with van der Waals surface area (Å²) in [5.74, 6) is 0.855. The molecule has 1 fully saturated rings. The van der Waals surface area contributed by atoms with Crippen molar-refractivity contribution < 1.29 is 0 Å². The Bertz CT molecular complexity index is 212. The maximum atomic E-state index is 4.07. The molecule has 1 heterocycles. The van der Waals surface area contributed by atoms with Gasteiger partial charge >= 0.3 is 0 Å². The highest BCUT2D eigenvalue weighted by atomic mass is 32.1. The predicted octanol–water partition coefficient (Wildman–Crippen LogP) is 2.13. The molecule has 1 aliphatic rings. The topological polar surface area (TPSA) is 12.9 Å². The Balaban J connectivity index is 2.35. The van der Waals surface area contributed by atoms with Crippen LogP contribution in [0.5, 0.6) is 0 Å². The van der Waals surface area contributed by atoms with Crippen LogP contribution in [0, 0.1) is 12.4 Å². The van der Waals surface area contributed by atoms with Gasteiger partial charge in [0.25, 0.3) is 0 Å². The summed E-state index contributed by atoms with van der Waals surface area (Å²) in [6, 6.07) is 0. The quantitative estimate of drug-likeness (QED) is 0.579. The zero-order chi connectivity index (χ0) is 6.27. The molecule has 1 aromatic heterocycles. The van der Waals surface area contributed by atoms with Crippen molar-refractivity contribution in [2.24, 2.45) is 0 Å². The fourth-order valence-corrected chi connectivity index (χ4v) is 1.87. The second-order valence-electron chi connectivity index (χ2n) is 2.53. The van der Waals surface area contributed by atoms with Crippen molar-refractivity contribution in [3.63, 3.8) is 0 Å². The summed E-state index contributed by atoms with van der Waals surface area (Å²) in [6.45, 7) is 2.07. The third-order valence-corrected chi connectivity index (χ3v) is 2.70. The van der Waals surface area contributed by atoms with Crippen LogP contribution in [0.3, 0.4) is 0 Å². The predicted molar refractivity (Wildman–Crippen MR) is 37.7 cm³/mol. The van der Waals surface area contributed by atoms with E-state index in [4.69, 9.17) is 0 Å². The lowest BCUT2D eigenvalue weighted by molar-refractivity contribution is 1.10. The first-order chi connectivity index (χ1) is 4.38. The van der Waals surface area contributed by atoms with Crippen molar-refractivity contribution in [2.45, 2.75) is 25.7 Å². The fraction of sp³-hybridized carbons (Fsp3) is 0.571. The molecular weight excluding hydrogens is 130 g/mol. The van der Waals surface area contributed by atoms with Crippen molar-refractivity contribution in [1.29, 1.82) is 0 Å². The summed E-state index contributed by atoms with van der Waals surface area (Å²) < 4.78 is 0. The van der Waals surface area contributed by atoms with Gasteiger partial charge in [-0.25, -0.2) is 4.98 Å². The molecule has 1 aromatic rings. The van der Waals surface area contributed by atoms with Gasteiger partial charge in [0.05, 0.1) is 5.69 Å². The standard InChI is InChI=1S/C7H8NS/c1-5-7(6-2-3-6)9-4-8-5/h6H,2-3H2,1H3. The van der Waals surface area contributed by atoms with Gasteiger partial charge in [0, 0.05) is 4.88 Å². The van der Waals surface area contributed by atoms with E-state index < -0.39 is 0 Å². The van der Waals surface area contributed by atoms with E-state index in [1.54, 1.807) is 11.3 Å². The number of rotatable bonds is 1. The summed E-state index contributed by atoms with van der Waals surface area (Å²) in [5, 5.41) is 0. The lowest BCUT2D eigenvalue weighted by atomic mass is 10.3. The molecule has 0 atom stereocenters. The van der Waals surface area contributed by atoms with Crippen molar-refractivity contribution in [2.75, 3.05) is 0 Å². The summed E-state index contributed by atoms with van der Waals surface area (Å²) >= 11 is 1.68. The van der Waals surface area contributed by atoms with E-state index in [2.05, 4.69) is 17.4 Å².